The van der Waals surface area contributed by atoms with E-state index in [-0.39, 0.29) is 18.8 Å². The lowest BCUT2D eigenvalue weighted by atomic mass is 10.0. The molecule has 0 aliphatic rings. The Morgan fingerprint density at radius 2 is 1.67 bits per heavy atom. The molecule has 0 aliphatic heterocycles. The van der Waals surface area contributed by atoms with E-state index in [0.29, 0.717) is 0 Å². The normalized spacial score (nSPS) is 13.8. The number of hydrogen-bond donors (Lipinski definition) is 4. The summed E-state index contributed by atoms with van der Waals surface area (Å²) in [6.45, 7) is 8.44. The second-order valence-electron chi connectivity index (χ2n) is 6.77. The molecule has 138 valence electrons. The summed E-state index contributed by atoms with van der Waals surface area (Å²) in [5, 5.41) is 13.8. The van der Waals surface area contributed by atoms with Gasteiger partial charge in [0, 0.05) is 6.42 Å². The summed E-state index contributed by atoms with van der Waals surface area (Å²) in [6.07, 6.45) is -1.09. The third-order valence-corrected chi connectivity index (χ3v) is 2.92. The number of aliphatic carboxylic acids is 1. The molecular formula is C15H27N3O6. The highest BCUT2D eigenvalue weighted by Crippen LogP contribution is 2.09. The van der Waals surface area contributed by atoms with E-state index in [0.717, 1.165) is 0 Å². The Balaban J connectivity index is 4.91. The van der Waals surface area contributed by atoms with Gasteiger partial charge in [-0.1, -0.05) is 13.8 Å². The number of amides is 3. The van der Waals surface area contributed by atoms with E-state index in [1.54, 1.807) is 34.6 Å². The van der Waals surface area contributed by atoms with Crippen LogP contribution in [0.5, 0.6) is 0 Å². The molecule has 0 saturated heterocycles. The molecule has 0 aromatic rings. The fraction of sp³-hybridized carbons (Fsp3) is 0.733. The number of carbonyl (C=O) groups is 4. The van der Waals surface area contributed by atoms with E-state index in [2.05, 4.69) is 10.6 Å². The SMILES string of the molecule is CC(C)[C@H](NC(=O)OC(C)(C)C)C(=O)N[C@@H](CCC(N)=O)C(=O)O. The molecule has 0 aliphatic carbocycles. The van der Waals surface area contributed by atoms with Crippen LogP contribution in [0.1, 0.15) is 47.5 Å². The molecule has 0 spiro atoms. The zero-order valence-corrected chi connectivity index (χ0v) is 14.7. The second-order valence-corrected chi connectivity index (χ2v) is 6.77. The zero-order valence-electron chi connectivity index (χ0n) is 14.7. The number of carboxylic acid groups (broad SMARTS) is 1. The van der Waals surface area contributed by atoms with Crippen LogP contribution < -0.4 is 16.4 Å². The molecule has 24 heavy (non-hydrogen) atoms. The lowest BCUT2D eigenvalue weighted by Crippen LogP contribution is -2.54. The van der Waals surface area contributed by atoms with Gasteiger partial charge in [0.1, 0.15) is 17.7 Å². The van der Waals surface area contributed by atoms with E-state index < -0.39 is 41.6 Å². The average molecular weight is 345 g/mol. The third kappa shape index (κ3) is 8.96. The lowest BCUT2D eigenvalue weighted by molar-refractivity contribution is -0.142. The largest absolute Gasteiger partial charge is 0.480 e. The number of hydrogen-bond acceptors (Lipinski definition) is 5. The van der Waals surface area contributed by atoms with Crippen molar-refractivity contribution in [1.29, 1.82) is 0 Å². The molecule has 0 rings (SSSR count). The van der Waals surface area contributed by atoms with Crippen LogP contribution in [0.15, 0.2) is 0 Å². The van der Waals surface area contributed by atoms with Gasteiger partial charge in [0.05, 0.1) is 0 Å². The summed E-state index contributed by atoms with van der Waals surface area (Å²) >= 11 is 0. The number of carbonyl (C=O) groups excluding carboxylic acids is 3. The van der Waals surface area contributed by atoms with Gasteiger partial charge in [0.15, 0.2) is 0 Å². The maximum atomic E-state index is 12.3. The predicted octanol–water partition coefficient (Wildman–Crippen LogP) is 0.371. The van der Waals surface area contributed by atoms with Crippen LogP contribution in [-0.4, -0.2) is 46.7 Å². The van der Waals surface area contributed by atoms with Gasteiger partial charge in [0.2, 0.25) is 11.8 Å². The highest BCUT2D eigenvalue weighted by molar-refractivity contribution is 5.89. The van der Waals surface area contributed by atoms with Crippen LogP contribution in [0.2, 0.25) is 0 Å². The summed E-state index contributed by atoms with van der Waals surface area (Å²) in [5.74, 6) is -2.93. The number of primary amides is 1. The summed E-state index contributed by atoms with van der Waals surface area (Å²) in [6, 6.07) is -2.25. The molecule has 9 heteroatoms. The molecule has 0 heterocycles. The van der Waals surface area contributed by atoms with E-state index in [1.807, 2.05) is 0 Å². The highest BCUT2D eigenvalue weighted by atomic mass is 16.6. The molecule has 5 N–H and O–H groups in total. The molecule has 0 aromatic heterocycles. The first-order valence-electron chi connectivity index (χ1n) is 7.64. The van der Waals surface area contributed by atoms with Crippen molar-refractivity contribution in [3.63, 3.8) is 0 Å². The van der Waals surface area contributed by atoms with Gasteiger partial charge in [-0.25, -0.2) is 9.59 Å². The summed E-state index contributed by atoms with van der Waals surface area (Å²) in [5.41, 5.74) is 4.26. The minimum Gasteiger partial charge on any atom is -0.480 e. The Kier molecular flexibility index (Phi) is 8.21. The van der Waals surface area contributed by atoms with Crippen LogP contribution in [0.4, 0.5) is 4.79 Å². The minimum atomic E-state index is -1.29. The highest BCUT2D eigenvalue weighted by Gasteiger charge is 2.30. The van der Waals surface area contributed by atoms with Crippen LogP contribution in [0.25, 0.3) is 0 Å². The number of carboxylic acids is 1. The summed E-state index contributed by atoms with van der Waals surface area (Å²) < 4.78 is 5.09. The molecule has 0 fully saturated rings. The van der Waals surface area contributed by atoms with Crippen molar-refractivity contribution in [2.45, 2.75) is 65.1 Å². The van der Waals surface area contributed by atoms with Gasteiger partial charge in [-0.3, -0.25) is 9.59 Å². The van der Waals surface area contributed by atoms with E-state index in [4.69, 9.17) is 15.6 Å². The van der Waals surface area contributed by atoms with Crippen LogP contribution in [0, 0.1) is 5.92 Å². The Morgan fingerprint density at radius 3 is 2.04 bits per heavy atom. The van der Waals surface area contributed by atoms with Crippen LogP contribution >= 0.6 is 0 Å². The molecule has 0 bridgehead atoms. The average Bonchev–Trinajstić information content (AvgIpc) is 2.37. The first-order valence-corrected chi connectivity index (χ1v) is 7.64. The first kappa shape index (κ1) is 21.7. The standard InChI is InChI=1S/C15H27N3O6/c1-8(2)11(18-14(23)24-15(3,4)5)12(20)17-9(13(21)22)6-7-10(16)19/h8-9,11H,6-7H2,1-5H3,(H2,16,19)(H,17,20)(H,18,23)(H,21,22)/t9-,11-/m0/s1. The van der Waals surface area contributed by atoms with Crippen molar-refractivity contribution in [2.24, 2.45) is 11.7 Å². The molecule has 0 radical (unpaired) electrons. The number of alkyl carbamates (subject to hydrolysis) is 1. The number of nitrogens with two attached hydrogens (primary N) is 1. The minimum absolute atomic E-state index is 0.131. The Bertz CT molecular complexity index is 484. The lowest BCUT2D eigenvalue weighted by Gasteiger charge is -2.26. The van der Waals surface area contributed by atoms with Gasteiger partial charge in [-0.05, 0) is 33.1 Å². The topological polar surface area (TPSA) is 148 Å². The Hall–Kier alpha value is -2.32. The maximum Gasteiger partial charge on any atom is 0.408 e. The van der Waals surface area contributed by atoms with Crippen molar-refractivity contribution in [3.05, 3.63) is 0 Å². The molecule has 2 atom stereocenters. The first-order chi connectivity index (χ1) is 10.8. The van der Waals surface area contributed by atoms with Crippen molar-refractivity contribution in [3.8, 4) is 0 Å². The smallest absolute Gasteiger partial charge is 0.408 e. The molecule has 3 amide bonds. The van der Waals surface area contributed by atoms with Gasteiger partial charge < -0.3 is 26.2 Å². The molecule has 0 unspecified atom stereocenters. The van der Waals surface area contributed by atoms with E-state index in [1.165, 1.54) is 0 Å². The van der Waals surface area contributed by atoms with Crippen LogP contribution in [-0.2, 0) is 19.1 Å². The van der Waals surface area contributed by atoms with Gasteiger partial charge in [0.25, 0.3) is 0 Å². The van der Waals surface area contributed by atoms with Gasteiger partial charge in [-0.2, -0.15) is 0 Å². The van der Waals surface area contributed by atoms with Crippen molar-refractivity contribution in [1.82, 2.24) is 10.6 Å². The fourth-order valence-electron chi connectivity index (χ4n) is 1.77. The number of ether oxygens (including phenoxy) is 1. The zero-order chi connectivity index (χ0) is 19.1. The van der Waals surface area contributed by atoms with Crippen molar-refractivity contribution >= 4 is 23.9 Å². The number of rotatable bonds is 8. The third-order valence-electron chi connectivity index (χ3n) is 2.92. The maximum absolute atomic E-state index is 12.3. The molecule has 0 saturated carbocycles. The van der Waals surface area contributed by atoms with E-state index in [9.17, 15) is 19.2 Å². The second kappa shape index (κ2) is 9.09. The molecular weight excluding hydrogens is 318 g/mol. The number of nitrogens with one attached hydrogen (secondary N) is 2. The fourth-order valence-corrected chi connectivity index (χ4v) is 1.77. The summed E-state index contributed by atoms with van der Waals surface area (Å²) in [7, 11) is 0. The summed E-state index contributed by atoms with van der Waals surface area (Å²) in [4.78, 5) is 46.1. The van der Waals surface area contributed by atoms with E-state index >= 15 is 0 Å². The van der Waals surface area contributed by atoms with Crippen molar-refractivity contribution in [2.75, 3.05) is 0 Å². The Labute approximate surface area is 141 Å². The quantitative estimate of drug-likeness (QED) is 0.499. The predicted molar refractivity (Wildman–Crippen MR) is 86.0 cm³/mol. The van der Waals surface area contributed by atoms with Gasteiger partial charge >= 0.3 is 12.1 Å². The van der Waals surface area contributed by atoms with Crippen LogP contribution in [0.3, 0.4) is 0 Å². The molecule has 0 aromatic carbocycles. The monoisotopic (exact) mass is 345 g/mol. The Morgan fingerprint density at radius 1 is 1.12 bits per heavy atom. The van der Waals surface area contributed by atoms with Crippen molar-refractivity contribution < 1.29 is 29.0 Å². The molecule has 9 nitrogen and oxygen atoms in total. The van der Waals surface area contributed by atoms with Gasteiger partial charge in [-0.15, -0.1) is 0 Å².